The van der Waals surface area contributed by atoms with Crippen molar-refractivity contribution in [2.75, 3.05) is 64.0 Å². The van der Waals surface area contributed by atoms with Crippen LogP contribution in [0.5, 0.6) is 11.5 Å². The Balaban J connectivity index is 1.47. The highest BCUT2D eigenvalue weighted by atomic mass is 32.2. The van der Waals surface area contributed by atoms with Crippen molar-refractivity contribution in [2.24, 2.45) is 0 Å². The number of benzene rings is 2. The van der Waals surface area contributed by atoms with Crippen LogP contribution >= 0.6 is 48.0 Å². The smallest absolute Gasteiger partial charge is 0.410 e. The van der Waals surface area contributed by atoms with Crippen LogP contribution in [0.4, 0.5) is 4.79 Å². The van der Waals surface area contributed by atoms with E-state index in [4.69, 9.17) is 38.6 Å². The van der Waals surface area contributed by atoms with Crippen LogP contribution in [0.15, 0.2) is 36.4 Å². The zero-order chi connectivity index (χ0) is 40.8. The first kappa shape index (κ1) is 44.8. The van der Waals surface area contributed by atoms with Crippen molar-refractivity contribution < 1.29 is 38.2 Å². The van der Waals surface area contributed by atoms with Gasteiger partial charge in [0.2, 0.25) is 0 Å². The molecule has 2 saturated heterocycles. The van der Waals surface area contributed by atoms with E-state index in [-0.39, 0.29) is 71.7 Å². The van der Waals surface area contributed by atoms with Gasteiger partial charge in [0.15, 0.2) is 0 Å². The van der Waals surface area contributed by atoms with Gasteiger partial charge in [0.1, 0.15) is 25.7 Å². The normalized spacial score (nSPS) is 14.1. The molecule has 2 heterocycles. The Kier molecular flexibility index (Phi) is 17.2. The number of thioether (sulfide) groups is 2. The Hall–Kier alpha value is -3.93. The molecule has 0 unspecified atom stereocenters. The first-order valence-corrected chi connectivity index (χ1v) is 21.6. The predicted molar refractivity (Wildman–Crippen MR) is 228 cm³/mol. The molecule has 2 N–H and O–H groups in total. The lowest BCUT2D eigenvalue weighted by molar-refractivity contribution is 0.0250. The van der Waals surface area contributed by atoms with Gasteiger partial charge in [-0.05, 0) is 57.9 Å². The molecule has 0 aliphatic carbocycles. The fraction of sp³-hybridized carbons (Fsp3) is 0.513. The van der Waals surface area contributed by atoms with Gasteiger partial charge in [0.05, 0.1) is 35.5 Å². The van der Waals surface area contributed by atoms with E-state index in [0.717, 1.165) is 25.7 Å². The predicted octanol–water partition coefficient (Wildman–Crippen LogP) is 6.39. The molecule has 0 atom stereocenters. The average molecular weight is 846 g/mol. The number of nitrogens with one attached hydrogen (secondary N) is 2. The number of carbonyl (C=O) groups excluding carboxylic acids is 5. The van der Waals surface area contributed by atoms with E-state index in [9.17, 15) is 24.0 Å². The molecule has 304 valence electrons. The Bertz CT molecular complexity index is 1670. The minimum atomic E-state index is -0.802. The van der Waals surface area contributed by atoms with Gasteiger partial charge in [-0.3, -0.25) is 29.0 Å². The van der Waals surface area contributed by atoms with Crippen LogP contribution < -0.4 is 20.1 Å². The number of hydrogen-bond acceptors (Lipinski definition) is 12. The maximum absolute atomic E-state index is 13.6. The number of amides is 5. The van der Waals surface area contributed by atoms with Crippen LogP contribution in [0.25, 0.3) is 0 Å². The fourth-order valence-corrected chi connectivity index (χ4v) is 7.99. The monoisotopic (exact) mass is 845 g/mol. The molecule has 0 aromatic heterocycles. The Morgan fingerprint density at radius 3 is 1.48 bits per heavy atom. The van der Waals surface area contributed by atoms with Gasteiger partial charge in [-0.15, -0.1) is 0 Å². The standard InChI is InChI=1S/C39H51N5O8S4/c1-6-8-22-50-30-26(12-10-14-28(30)34(47)43-20-24-55-37(43)53)32(45)40-16-18-42(36(49)52-39(3,4)5)19-17-41-33(46)27-13-11-15-29(31(27)51-23-9-7-2)35(48)44-21-25-56-38(44)54/h10-15H,6-9,16-25H2,1-5H3,(H,40,45)(H,41,46). The summed E-state index contributed by atoms with van der Waals surface area (Å²) in [6, 6.07) is 9.69. The first-order chi connectivity index (χ1) is 26.8. The van der Waals surface area contributed by atoms with Gasteiger partial charge in [-0.1, -0.05) is 86.8 Å². The van der Waals surface area contributed by atoms with Crippen LogP contribution in [-0.2, 0) is 4.74 Å². The van der Waals surface area contributed by atoms with Crippen LogP contribution in [-0.4, -0.2) is 123 Å². The van der Waals surface area contributed by atoms with E-state index in [1.165, 1.54) is 38.2 Å². The molecule has 2 fully saturated rings. The van der Waals surface area contributed by atoms with Crippen molar-refractivity contribution in [3.63, 3.8) is 0 Å². The lowest BCUT2D eigenvalue weighted by atomic mass is 10.1. The highest BCUT2D eigenvalue weighted by Crippen LogP contribution is 2.31. The van der Waals surface area contributed by atoms with Crippen molar-refractivity contribution in [1.29, 1.82) is 0 Å². The van der Waals surface area contributed by atoms with E-state index in [1.54, 1.807) is 57.2 Å². The number of carbonyl (C=O) groups is 5. The molecule has 56 heavy (non-hydrogen) atoms. The van der Waals surface area contributed by atoms with Gasteiger partial charge in [0.25, 0.3) is 23.6 Å². The molecule has 5 amide bonds. The van der Waals surface area contributed by atoms with E-state index in [1.807, 2.05) is 13.8 Å². The van der Waals surface area contributed by atoms with Gasteiger partial charge in [0, 0.05) is 50.8 Å². The highest BCUT2D eigenvalue weighted by molar-refractivity contribution is 8.23. The van der Waals surface area contributed by atoms with Crippen LogP contribution in [0.1, 0.15) is 102 Å². The largest absolute Gasteiger partial charge is 0.492 e. The topological polar surface area (TPSA) is 147 Å². The summed E-state index contributed by atoms with van der Waals surface area (Å²) in [4.78, 5) is 72.0. The molecule has 0 bridgehead atoms. The summed E-state index contributed by atoms with van der Waals surface area (Å²) in [5.41, 5.74) is 0.0607. The third-order valence-corrected chi connectivity index (χ3v) is 11.3. The maximum atomic E-state index is 13.6. The van der Waals surface area contributed by atoms with Gasteiger partial charge >= 0.3 is 6.09 Å². The van der Waals surface area contributed by atoms with Crippen molar-refractivity contribution in [3.05, 3.63) is 58.7 Å². The summed E-state index contributed by atoms with van der Waals surface area (Å²) in [5.74, 6) is 0.136. The van der Waals surface area contributed by atoms with Gasteiger partial charge in [-0.25, -0.2) is 4.79 Å². The van der Waals surface area contributed by atoms with E-state index < -0.39 is 23.5 Å². The molecule has 4 rings (SSSR count). The van der Waals surface area contributed by atoms with Crippen molar-refractivity contribution in [1.82, 2.24) is 25.3 Å². The minimum Gasteiger partial charge on any atom is -0.492 e. The number of para-hydroxylation sites is 2. The molecule has 2 aliphatic rings. The minimum absolute atomic E-state index is 0.0294. The van der Waals surface area contributed by atoms with Crippen molar-refractivity contribution in [3.8, 4) is 11.5 Å². The maximum Gasteiger partial charge on any atom is 0.410 e. The highest BCUT2D eigenvalue weighted by Gasteiger charge is 2.31. The van der Waals surface area contributed by atoms with Gasteiger partial charge in [-0.2, -0.15) is 0 Å². The number of unbranched alkanes of at least 4 members (excludes halogenated alkanes) is 2. The number of thiocarbonyl (C=S) groups is 2. The number of rotatable bonds is 18. The lowest BCUT2D eigenvalue weighted by Gasteiger charge is -2.27. The Morgan fingerprint density at radius 2 is 1.12 bits per heavy atom. The summed E-state index contributed by atoms with van der Waals surface area (Å²) >= 11 is 13.6. The Morgan fingerprint density at radius 1 is 0.714 bits per heavy atom. The molecule has 13 nitrogen and oxygen atoms in total. The van der Waals surface area contributed by atoms with Crippen LogP contribution in [0.3, 0.4) is 0 Å². The first-order valence-electron chi connectivity index (χ1n) is 18.8. The van der Waals surface area contributed by atoms with E-state index >= 15 is 0 Å². The number of hydrogen-bond donors (Lipinski definition) is 2. The summed E-state index contributed by atoms with van der Waals surface area (Å²) in [6.45, 7) is 11.0. The summed E-state index contributed by atoms with van der Waals surface area (Å²) < 4.78 is 18.7. The van der Waals surface area contributed by atoms with Crippen molar-refractivity contribution >= 4 is 86.3 Å². The average Bonchev–Trinajstić information content (AvgIpc) is 3.80. The van der Waals surface area contributed by atoms with E-state index in [2.05, 4.69) is 10.6 Å². The zero-order valence-corrected chi connectivity index (χ0v) is 35.9. The molecule has 2 aromatic carbocycles. The zero-order valence-electron chi connectivity index (χ0n) is 32.6. The quantitative estimate of drug-likeness (QED) is 0.127. The fourth-order valence-electron chi connectivity index (χ4n) is 5.58. The second-order valence-electron chi connectivity index (χ2n) is 13.9. The molecule has 0 saturated carbocycles. The van der Waals surface area contributed by atoms with Crippen LogP contribution in [0, 0.1) is 0 Å². The summed E-state index contributed by atoms with van der Waals surface area (Å²) in [5, 5.41) is 5.70. The van der Waals surface area contributed by atoms with Gasteiger partial charge < -0.3 is 29.7 Å². The lowest BCUT2D eigenvalue weighted by Crippen LogP contribution is -2.45. The third kappa shape index (κ3) is 12.3. The molecule has 0 spiro atoms. The molecule has 0 radical (unpaired) electrons. The molecular weight excluding hydrogens is 795 g/mol. The van der Waals surface area contributed by atoms with Crippen molar-refractivity contribution in [2.45, 2.75) is 65.9 Å². The molecule has 2 aromatic rings. The second kappa shape index (κ2) is 21.6. The number of ether oxygens (including phenoxy) is 3. The Labute approximate surface area is 348 Å². The molecule has 2 aliphatic heterocycles. The molecular formula is C39H51N5O8S4. The second-order valence-corrected chi connectivity index (χ2v) is 17.3. The SMILES string of the molecule is CCCCOc1c(C(=O)NCCN(CCNC(=O)c2cccc(C(=O)N3CCSC3=S)c2OCCCC)C(=O)OC(C)(C)C)cccc1C(=O)N1CCSC1=S. The van der Waals surface area contributed by atoms with E-state index in [0.29, 0.717) is 46.5 Å². The third-order valence-electron chi connectivity index (χ3n) is 8.47. The van der Waals surface area contributed by atoms with Crippen LogP contribution in [0.2, 0.25) is 0 Å². The summed E-state index contributed by atoms with van der Waals surface area (Å²) in [7, 11) is 0. The summed E-state index contributed by atoms with van der Waals surface area (Å²) in [6.07, 6.45) is 2.54. The number of nitrogens with zero attached hydrogens (tertiary/aromatic N) is 3. The molecule has 17 heteroatoms.